The highest BCUT2D eigenvalue weighted by molar-refractivity contribution is 5.89. The quantitative estimate of drug-likeness (QED) is 0.145. The van der Waals surface area contributed by atoms with E-state index in [0.29, 0.717) is 13.1 Å². The lowest BCUT2D eigenvalue weighted by Crippen LogP contribution is -2.51. The van der Waals surface area contributed by atoms with Gasteiger partial charge in [0.05, 0.1) is 37.3 Å². The first-order valence-electron chi connectivity index (χ1n) is 20.3. The average Bonchev–Trinajstić information content (AvgIpc) is 4.05. The maximum Gasteiger partial charge on any atom is 0.409 e. The van der Waals surface area contributed by atoms with Crippen LogP contribution in [0.4, 0.5) is 9.59 Å². The maximum absolute atomic E-state index is 13.9. The molecule has 2 fully saturated rings. The number of H-pyrrole nitrogens is 2. The molecule has 0 aliphatic carbocycles. The summed E-state index contributed by atoms with van der Waals surface area (Å²) in [6.45, 7) is 9.02. The molecule has 5 aromatic rings. The van der Waals surface area contributed by atoms with Crippen molar-refractivity contribution < 1.29 is 28.7 Å². The summed E-state index contributed by atoms with van der Waals surface area (Å²) in [6.07, 6.45) is 2.32. The highest BCUT2D eigenvalue weighted by Crippen LogP contribution is 2.37. The fourth-order valence-electron chi connectivity index (χ4n) is 9.06. The SMILES string of the molecule is COC(=O)N(C)[C@H](C(=O)N1CCC[C@H]1c1cc2cc(-c3ccc(-c4ccc5nc([C@@H]6CCCN6C(=O)[C@H](C(C)C)N(C)C(=O)OC)[nH]c5c4)cc3)ccc2[nH]1)C(C)C. The topological polar surface area (TPSA) is 144 Å². The van der Waals surface area contributed by atoms with Crippen molar-refractivity contribution in [1.29, 1.82) is 0 Å². The van der Waals surface area contributed by atoms with Gasteiger partial charge in [-0.05, 0) is 90.1 Å². The molecule has 13 nitrogen and oxygen atoms in total. The molecule has 4 amide bonds. The molecule has 4 atom stereocenters. The average molecular weight is 790 g/mol. The molecule has 2 aliphatic rings. The van der Waals surface area contributed by atoms with Gasteiger partial charge in [0.15, 0.2) is 0 Å². The van der Waals surface area contributed by atoms with Gasteiger partial charge in [0, 0.05) is 43.8 Å². The molecule has 2 aliphatic heterocycles. The molecule has 58 heavy (non-hydrogen) atoms. The Morgan fingerprint density at radius 2 is 1.16 bits per heavy atom. The molecule has 2 saturated heterocycles. The van der Waals surface area contributed by atoms with Gasteiger partial charge in [0.2, 0.25) is 11.8 Å². The van der Waals surface area contributed by atoms with Crippen molar-refractivity contribution in [3.63, 3.8) is 0 Å². The van der Waals surface area contributed by atoms with Gasteiger partial charge in [0.1, 0.15) is 17.9 Å². The van der Waals surface area contributed by atoms with Crippen LogP contribution in [0.2, 0.25) is 0 Å². The van der Waals surface area contributed by atoms with Crippen molar-refractivity contribution in [2.75, 3.05) is 41.4 Å². The molecule has 13 heteroatoms. The van der Waals surface area contributed by atoms with Crippen LogP contribution in [-0.4, -0.2) is 112 Å². The third-order valence-electron chi connectivity index (χ3n) is 12.0. The number of ether oxygens (including phenoxy) is 2. The number of benzene rings is 3. The number of imidazole rings is 1. The Labute approximate surface area is 339 Å². The summed E-state index contributed by atoms with van der Waals surface area (Å²) in [6, 6.07) is 21.7. The number of fused-ring (bicyclic) bond motifs is 2. The number of aromatic nitrogens is 3. The number of amides is 4. The minimum atomic E-state index is -0.638. The lowest BCUT2D eigenvalue weighted by atomic mass is 9.99. The van der Waals surface area contributed by atoms with E-state index in [0.717, 1.165) is 81.4 Å². The largest absolute Gasteiger partial charge is 0.453 e. The monoisotopic (exact) mass is 789 g/mol. The molecule has 7 rings (SSSR count). The van der Waals surface area contributed by atoms with Crippen LogP contribution in [0.25, 0.3) is 44.2 Å². The van der Waals surface area contributed by atoms with Crippen LogP contribution >= 0.6 is 0 Å². The molecule has 2 N–H and O–H groups in total. The molecule has 3 aromatic carbocycles. The summed E-state index contributed by atoms with van der Waals surface area (Å²) in [7, 11) is 5.89. The summed E-state index contributed by atoms with van der Waals surface area (Å²) < 4.78 is 9.86. The number of hydrogen-bond acceptors (Lipinski definition) is 7. The van der Waals surface area contributed by atoms with Crippen LogP contribution in [0, 0.1) is 11.8 Å². The van der Waals surface area contributed by atoms with Crippen molar-refractivity contribution in [2.24, 2.45) is 11.8 Å². The summed E-state index contributed by atoms with van der Waals surface area (Å²) in [5.74, 6) is 0.418. The first kappa shape index (κ1) is 40.4. The number of carbonyl (C=O) groups is 4. The van der Waals surface area contributed by atoms with E-state index < -0.39 is 24.3 Å². The van der Waals surface area contributed by atoms with E-state index in [-0.39, 0.29) is 35.7 Å². The van der Waals surface area contributed by atoms with Crippen molar-refractivity contribution in [1.82, 2.24) is 34.6 Å². The number of carbonyl (C=O) groups excluding carboxylic acids is 4. The van der Waals surface area contributed by atoms with Crippen LogP contribution in [0.1, 0.15) is 77.0 Å². The molecular weight excluding hydrogens is 735 g/mol. The number of likely N-dealkylation sites (tertiary alicyclic amines) is 2. The van der Waals surface area contributed by atoms with Gasteiger partial charge in [-0.25, -0.2) is 14.6 Å². The predicted molar refractivity (Wildman–Crippen MR) is 224 cm³/mol. The van der Waals surface area contributed by atoms with E-state index in [1.807, 2.05) is 43.6 Å². The molecule has 0 radical (unpaired) electrons. The number of methoxy groups -OCH3 is 2. The Bertz CT molecular complexity index is 2150. The Kier molecular flexibility index (Phi) is 11.5. The molecule has 306 valence electrons. The van der Waals surface area contributed by atoms with Crippen LogP contribution in [0.5, 0.6) is 0 Å². The van der Waals surface area contributed by atoms with Gasteiger partial charge in [-0.15, -0.1) is 0 Å². The molecule has 0 unspecified atom stereocenters. The van der Waals surface area contributed by atoms with E-state index in [9.17, 15) is 19.2 Å². The van der Waals surface area contributed by atoms with Gasteiger partial charge in [-0.1, -0.05) is 64.1 Å². The third-order valence-corrected chi connectivity index (χ3v) is 12.0. The van der Waals surface area contributed by atoms with E-state index in [2.05, 4.69) is 70.6 Å². The van der Waals surface area contributed by atoms with Crippen molar-refractivity contribution in [3.05, 3.63) is 78.2 Å². The molecule has 4 heterocycles. The lowest BCUT2D eigenvalue weighted by Gasteiger charge is -2.34. The first-order chi connectivity index (χ1) is 27.8. The fourth-order valence-corrected chi connectivity index (χ4v) is 9.06. The second-order valence-electron chi connectivity index (χ2n) is 16.4. The molecular formula is C45H55N7O6. The molecule has 0 saturated carbocycles. The van der Waals surface area contributed by atoms with Crippen LogP contribution in [0.3, 0.4) is 0 Å². The van der Waals surface area contributed by atoms with E-state index in [4.69, 9.17) is 14.5 Å². The third kappa shape index (κ3) is 7.61. The molecule has 0 spiro atoms. The second-order valence-corrected chi connectivity index (χ2v) is 16.4. The minimum Gasteiger partial charge on any atom is -0.453 e. The first-order valence-corrected chi connectivity index (χ1v) is 20.3. The number of rotatable bonds is 10. The highest BCUT2D eigenvalue weighted by Gasteiger charge is 2.41. The number of aromatic amines is 2. The Balaban J connectivity index is 1.07. The van der Waals surface area contributed by atoms with E-state index in [1.54, 1.807) is 14.1 Å². The van der Waals surface area contributed by atoms with Gasteiger partial charge >= 0.3 is 12.2 Å². The standard InChI is InChI=1S/C45H55N7O6/c1-26(2)39(49(5)44(55)57-7)42(53)51-21-9-11-37(51)36-25-32-23-30(17-19-33(32)46-36)28-13-15-29(16-14-28)31-18-20-34-35(24-31)48-41(47-34)38-12-10-22-52(38)43(54)40(27(3)4)50(6)45(56)58-8/h13-20,23-27,37-40,46H,9-12,21-22H2,1-8H3,(H,47,48)/t37-,38-,39-,40-/m0/s1. The minimum absolute atomic E-state index is 0.0639. The molecule has 0 bridgehead atoms. The van der Waals surface area contributed by atoms with Crippen molar-refractivity contribution in [2.45, 2.75) is 77.5 Å². The number of likely N-dealkylation sites (N-methyl/N-ethyl adjacent to an activating group) is 2. The van der Waals surface area contributed by atoms with Crippen LogP contribution < -0.4 is 0 Å². The number of nitrogens with one attached hydrogen (secondary N) is 2. The predicted octanol–water partition coefficient (Wildman–Crippen LogP) is 8.15. The van der Waals surface area contributed by atoms with Crippen LogP contribution in [0.15, 0.2) is 66.7 Å². The van der Waals surface area contributed by atoms with Gasteiger partial charge in [0.25, 0.3) is 0 Å². The Morgan fingerprint density at radius 3 is 1.71 bits per heavy atom. The normalized spacial score (nSPS) is 18.0. The zero-order valence-electron chi connectivity index (χ0n) is 34.7. The van der Waals surface area contributed by atoms with Gasteiger partial charge in [-0.2, -0.15) is 0 Å². The highest BCUT2D eigenvalue weighted by atomic mass is 16.5. The van der Waals surface area contributed by atoms with E-state index in [1.165, 1.54) is 24.0 Å². The van der Waals surface area contributed by atoms with Gasteiger partial charge < -0.3 is 29.2 Å². The van der Waals surface area contributed by atoms with Crippen LogP contribution in [-0.2, 0) is 19.1 Å². The summed E-state index contributed by atoms with van der Waals surface area (Å²) in [4.78, 5) is 71.1. The number of nitrogens with zero attached hydrogens (tertiary/aromatic N) is 5. The summed E-state index contributed by atoms with van der Waals surface area (Å²) in [5.41, 5.74) is 8.02. The van der Waals surface area contributed by atoms with Gasteiger partial charge in [-0.3, -0.25) is 19.4 Å². The zero-order valence-corrected chi connectivity index (χ0v) is 34.7. The fraction of sp³-hybridized carbons (Fsp3) is 0.444. The smallest absolute Gasteiger partial charge is 0.409 e. The second kappa shape index (κ2) is 16.6. The number of hydrogen-bond donors (Lipinski definition) is 2. The van der Waals surface area contributed by atoms with Crippen molar-refractivity contribution in [3.8, 4) is 22.3 Å². The maximum atomic E-state index is 13.9. The van der Waals surface area contributed by atoms with Crippen molar-refractivity contribution >= 4 is 45.9 Å². The summed E-state index contributed by atoms with van der Waals surface area (Å²) >= 11 is 0. The lowest BCUT2D eigenvalue weighted by molar-refractivity contribution is -0.139. The Hall–Kier alpha value is -5.85. The summed E-state index contributed by atoms with van der Waals surface area (Å²) in [5, 5.41) is 1.07. The van der Waals surface area contributed by atoms with E-state index >= 15 is 0 Å². The zero-order chi connectivity index (χ0) is 41.4. The molecule has 2 aromatic heterocycles. The Morgan fingerprint density at radius 1 is 0.655 bits per heavy atom.